The van der Waals surface area contributed by atoms with E-state index in [4.69, 9.17) is 27.8 Å². The summed E-state index contributed by atoms with van der Waals surface area (Å²) in [5.41, 5.74) is 14.5. The fourth-order valence-electron chi connectivity index (χ4n) is 1.46. The molecule has 21 heavy (non-hydrogen) atoms. The van der Waals surface area contributed by atoms with Crippen molar-refractivity contribution in [3.63, 3.8) is 0 Å². The first-order valence-electron chi connectivity index (χ1n) is 5.88. The van der Waals surface area contributed by atoms with Gasteiger partial charge in [0, 0.05) is 0 Å². The number of hydrogen-bond donors (Lipinski definition) is 3. The number of thiophene rings is 1. The Morgan fingerprint density at radius 2 is 2.10 bits per heavy atom. The summed E-state index contributed by atoms with van der Waals surface area (Å²) in [6.45, 7) is 1.91. The van der Waals surface area contributed by atoms with Crippen LogP contribution in [0.5, 0.6) is 5.75 Å². The number of nitrogens with two attached hydrogens (primary N) is 2. The summed E-state index contributed by atoms with van der Waals surface area (Å²) in [5, 5.41) is 4.91. The van der Waals surface area contributed by atoms with Crippen molar-refractivity contribution in [2.75, 3.05) is 5.43 Å². The lowest BCUT2D eigenvalue weighted by molar-refractivity contribution is 0.100. The second kappa shape index (κ2) is 6.47. The Labute approximate surface area is 130 Å². The van der Waals surface area contributed by atoms with Crippen molar-refractivity contribution < 1.29 is 9.53 Å². The van der Waals surface area contributed by atoms with Gasteiger partial charge in [-0.1, -0.05) is 17.7 Å². The number of benzene rings is 1. The maximum Gasteiger partial charge on any atom is 0.309 e. The lowest BCUT2D eigenvalue weighted by Gasteiger charge is -2.07. The van der Waals surface area contributed by atoms with Gasteiger partial charge in [-0.3, -0.25) is 10.2 Å². The molecule has 5 N–H and O–H groups in total. The highest BCUT2D eigenvalue weighted by Crippen LogP contribution is 2.25. The minimum absolute atomic E-state index is 0.100. The third kappa shape index (κ3) is 4.11. The largest absolute Gasteiger partial charge is 0.423 e. The van der Waals surface area contributed by atoms with E-state index in [2.05, 4.69) is 10.5 Å². The van der Waals surface area contributed by atoms with Crippen LogP contribution in [0, 0.1) is 6.92 Å². The van der Waals surface area contributed by atoms with Gasteiger partial charge in [0.25, 0.3) is 5.91 Å². The van der Waals surface area contributed by atoms with E-state index in [-0.39, 0.29) is 6.02 Å². The van der Waals surface area contributed by atoms with Gasteiger partial charge < -0.3 is 16.2 Å². The predicted octanol–water partition coefficient (Wildman–Crippen LogP) is 2.53. The van der Waals surface area contributed by atoms with Gasteiger partial charge in [-0.05, 0) is 36.8 Å². The SMILES string of the molecule is Cc1ccc(Cl)c(OC(N)=NNc2ccc(C(N)=O)s2)c1. The van der Waals surface area contributed by atoms with Crippen molar-refractivity contribution in [2.24, 2.45) is 16.6 Å². The zero-order valence-corrected chi connectivity index (χ0v) is 12.7. The average Bonchev–Trinajstić information content (AvgIpc) is 2.90. The highest BCUT2D eigenvalue weighted by Gasteiger charge is 2.06. The summed E-state index contributed by atoms with van der Waals surface area (Å²) in [7, 11) is 0. The van der Waals surface area contributed by atoms with E-state index in [0.717, 1.165) is 16.9 Å². The van der Waals surface area contributed by atoms with Crippen LogP contribution in [0.2, 0.25) is 5.02 Å². The fourth-order valence-corrected chi connectivity index (χ4v) is 2.32. The molecule has 6 nitrogen and oxygen atoms in total. The average molecular weight is 325 g/mol. The highest BCUT2D eigenvalue weighted by molar-refractivity contribution is 7.17. The first-order chi connectivity index (χ1) is 9.95. The number of carbonyl (C=O) groups is 1. The molecule has 2 aromatic rings. The number of anilines is 1. The molecule has 1 heterocycles. The van der Waals surface area contributed by atoms with E-state index >= 15 is 0 Å². The molecule has 110 valence electrons. The van der Waals surface area contributed by atoms with Gasteiger partial charge in [0.2, 0.25) is 0 Å². The fraction of sp³-hybridized carbons (Fsp3) is 0.0769. The Kier molecular flexibility index (Phi) is 4.66. The maximum absolute atomic E-state index is 11.0. The number of hydrazone groups is 1. The molecule has 0 radical (unpaired) electrons. The number of ether oxygens (including phenoxy) is 1. The summed E-state index contributed by atoms with van der Waals surface area (Å²) in [5.74, 6) is -0.0727. The second-order valence-corrected chi connectivity index (χ2v) is 5.62. The third-order valence-electron chi connectivity index (χ3n) is 2.43. The number of hydrogen-bond acceptors (Lipinski definition) is 5. The van der Waals surface area contributed by atoms with E-state index < -0.39 is 5.91 Å². The van der Waals surface area contributed by atoms with Crippen LogP contribution in [0.4, 0.5) is 5.00 Å². The van der Waals surface area contributed by atoms with E-state index in [0.29, 0.717) is 20.7 Å². The number of nitrogens with one attached hydrogen (secondary N) is 1. The number of nitrogens with zero attached hydrogens (tertiary/aromatic N) is 1. The van der Waals surface area contributed by atoms with E-state index in [1.54, 1.807) is 24.3 Å². The molecule has 1 amide bonds. The van der Waals surface area contributed by atoms with E-state index in [1.807, 2.05) is 13.0 Å². The molecule has 1 aromatic carbocycles. The summed E-state index contributed by atoms with van der Waals surface area (Å²) in [4.78, 5) is 11.4. The number of amidine groups is 1. The van der Waals surface area contributed by atoms with Crippen LogP contribution in [0.25, 0.3) is 0 Å². The molecule has 2 rings (SSSR count). The Bertz CT molecular complexity index is 699. The first kappa shape index (κ1) is 15.1. The lowest BCUT2D eigenvalue weighted by Crippen LogP contribution is -2.21. The highest BCUT2D eigenvalue weighted by atomic mass is 35.5. The zero-order valence-electron chi connectivity index (χ0n) is 11.1. The van der Waals surface area contributed by atoms with Crippen molar-refractivity contribution in [1.82, 2.24) is 0 Å². The lowest BCUT2D eigenvalue weighted by atomic mass is 10.2. The maximum atomic E-state index is 11.0. The molecule has 8 heteroatoms. The van der Waals surface area contributed by atoms with Crippen molar-refractivity contribution in [3.8, 4) is 5.75 Å². The van der Waals surface area contributed by atoms with Crippen molar-refractivity contribution in [3.05, 3.63) is 45.8 Å². The number of primary amides is 1. The van der Waals surface area contributed by atoms with Crippen molar-refractivity contribution in [2.45, 2.75) is 6.92 Å². The first-order valence-corrected chi connectivity index (χ1v) is 7.08. The Hall–Kier alpha value is -2.25. The number of aryl methyl sites for hydroxylation is 1. The zero-order chi connectivity index (χ0) is 15.4. The molecule has 0 spiro atoms. The predicted molar refractivity (Wildman–Crippen MR) is 84.9 cm³/mol. The van der Waals surface area contributed by atoms with Gasteiger partial charge in [-0.2, -0.15) is 0 Å². The van der Waals surface area contributed by atoms with Crippen LogP contribution in [-0.2, 0) is 0 Å². The van der Waals surface area contributed by atoms with Crippen LogP contribution < -0.4 is 21.6 Å². The number of amides is 1. The van der Waals surface area contributed by atoms with Crippen LogP contribution in [-0.4, -0.2) is 11.9 Å². The van der Waals surface area contributed by atoms with Crippen molar-refractivity contribution >= 4 is 39.9 Å². The molecule has 0 aliphatic carbocycles. The van der Waals surface area contributed by atoms with Crippen LogP contribution in [0.3, 0.4) is 0 Å². The summed E-state index contributed by atoms with van der Waals surface area (Å²) >= 11 is 7.16. The van der Waals surface area contributed by atoms with Gasteiger partial charge in [-0.25, -0.2) is 0 Å². The monoisotopic (exact) mass is 324 g/mol. The Morgan fingerprint density at radius 1 is 1.33 bits per heavy atom. The molecule has 0 fully saturated rings. The normalized spacial score (nSPS) is 11.2. The van der Waals surface area contributed by atoms with E-state index in [1.165, 1.54) is 0 Å². The van der Waals surface area contributed by atoms with Crippen LogP contribution in [0.1, 0.15) is 15.2 Å². The molecule has 0 aliphatic heterocycles. The molecule has 1 aromatic heterocycles. The number of halogens is 1. The summed E-state index contributed by atoms with van der Waals surface area (Å²) < 4.78 is 5.35. The minimum Gasteiger partial charge on any atom is -0.423 e. The molecule has 0 saturated carbocycles. The summed E-state index contributed by atoms with van der Waals surface area (Å²) in [6, 6.07) is 8.49. The molecule has 0 aliphatic rings. The number of rotatable bonds is 4. The Morgan fingerprint density at radius 3 is 2.76 bits per heavy atom. The van der Waals surface area contributed by atoms with Gasteiger partial charge >= 0.3 is 6.02 Å². The van der Waals surface area contributed by atoms with Gasteiger partial charge in [0.1, 0.15) is 10.8 Å². The molecular formula is C13H13ClN4O2S. The smallest absolute Gasteiger partial charge is 0.309 e. The van der Waals surface area contributed by atoms with Gasteiger partial charge in [0.05, 0.1) is 9.90 Å². The van der Waals surface area contributed by atoms with E-state index in [9.17, 15) is 4.79 Å². The second-order valence-electron chi connectivity index (χ2n) is 4.13. The Balaban J connectivity index is 2.03. The topological polar surface area (TPSA) is 103 Å². The minimum atomic E-state index is -0.493. The van der Waals surface area contributed by atoms with Crippen LogP contribution in [0.15, 0.2) is 35.4 Å². The summed E-state index contributed by atoms with van der Waals surface area (Å²) in [6.07, 6.45) is 0. The molecule has 0 unspecified atom stereocenters. The number of carbonyl (C=O) groups excluding carboxylic acids is 1. The third-order valence-corrected chi connectivity index (χ3v) is 3.74. The molecule has 0 bridgehead atoms. The van der Waals surface area contributed by atoms with Crippen LogP contribution >= 0.6 is 22.9 Å². The molecule has 0 atom stereocenters. The molecule has 0 saturated heterocycles. The quantitative estimate of drug-likeness (QED) is 0.457. The van der Waals surface area contributed by atoms with Crippen molar-refractivity contribution in [1.29, 1.82) is 0 Å². The standard InChI is InChI=1S/C13H13ClN4O2S/c1-7-2-3-8(14)9(6-7)20-13(16)18-17-11-5-4-10(21-11)12(15)19/h2-6,17H,1H3,(H2,15,19)(H2,16,18). The van der Waals surface area contributed by atoms with Gasteiger partial charge in [-0.15, -0.1) is 16.4 Å². The molecular weight excluding hydrogens is 312 g/mol. The van der Waals surface area contributed by atoms with Gasteiger partial charge in [0.15, 0.2) is 0 Å².